The highest BCUT2D eigenvalue weighted by Gasteiger charge is 2.40. The molecule has 3 N–H and O–H groups in total. The molecular weight excluding hydrogens is 414 g/mol. The van der Waals surface area contributed by atoms with Gasteiger partial charge < -0.3 is 15.7 Å². The van der Waals surface area contributed by atoms with Gasteiger partial charge in [-0.05, 0) is 69.7 Å². The van der Waals surface area contributed by atoms with E-state index in [1.54, 1.807) is 24.3 Å². The zero-order valence-electron chi connectivity index (χ0n) is 18.9. The van der Waals surface area contributed by atoms with E-state index in [2.05, 4.69) is 15.5 Å². The third-order valence-corrected chi connectivity index (χ3v) is 6.61. The number of aliphatic hydroxyl groups is 1. The first-order valence-electron chi connectivity index (χ1n) is 11.4. The Morgan fingerprint density at radius 3 is 2.45 bits per heavy atom. The molecule has 1 aromatic carbocycles. The minimum absolute atomic E-state index is 0.0360. The Labute approximate surface area is 190 Å². The summed E-state index contributed by atoms with van der Waals surface area (Å²) in [6, 6.07) is 6.41. The number of carbonyl (C=O) groups is 2. The van der Waals surface area contributed by atoms with E-state index in [1.165, 1.54) is 25.7 Å². The number of amides is 2. The minimum atomic E-state index is -0.749. The van der Waals surface area contributed by atoms with Crippen molar-refractivity contribution in [2.24, 2.45) is 11.8 Å². The van der Waals surface area contributed by atoms with E-state index in [-0.39, 0.29) is 29.9 Å². The Balaban J connectivity index is 1.60. The Hall–Kier alpha value is -1.63. The molecule has 1 saturated carbocycles. The van der Waals surface area contributed by atoms with E-state index in [1.807, 2.05) is 20.8 Å². The van der Waals surface area contributed by atoms with Crippen molar-refractivity contribution >= 4 is 23.4 Å². The average Bonchev–Trinajstić information content (AvgIpc) is 2.70. The third kappa shape index (κ3) is 6.93. The maximum atomic E-state index is 13.0. The molecule has 172 valence electrons. The van der Waals surface area contributed by atoms with Gasteiger partial charge in [-0.3, -0.25) is 14.5 Å². The second-order valence-electron chi connectivity index (χ2n) is 10.1. The molecule has 0 radical (unpaired) electrons. The molecule has 1 saturated heterocycles. The molecule has 1 aliphatic carbocycles. The van der Waals surface area contributed by atoms with E-state index in [4.69, 9.17) is 11.6 Å². The number of aliphatic hydroxyl groups excluding tert-OH is 1. The summed E-state index contributed by atoms with van der Waals surface area (Å²) in [6.07, 6.45) is 4.97. The van der Waals surface area contributed by atoms with Crippen LogP contribution in [0.3, 0.4) is 0 Å². The number of carbonyl (C=O) groups excluding carboxylic acids is 2. The van der Waals surface area contributed by atoms with Crippen LogP contribution in [0.25, 0.3) is 0 Å². The number of benzene rings is 1. The molecule has 0 unspecified atom stereocenters. The maximum Gasteiger partial charge on any atom is 0.251 e. The van der Waals surface area contributed by atoms with Crippen LogP contribution in [0.15, 0.2) is 24.3 Å². The first-order valence-corrected chi connectivity index (χ1v) is 11.8. The standard InChI is InChI=1S/C24H36ClN3O3/c1-24(2,3)27-23(31)21-12-17-6-4-5-7-18(17)14-28(21)15-20(29)13-26-22(30)16-8-10-19(25)11-9-16/h8-11,17-18,20-21,29H,4-7,12-15H2,1-3H3,(H,26,30)(H,27,31)/t17-,18+,20+,21-/m0/s1. The number of hydrogen-bond acceptors (Lipinski definition) is 4. The van der Waals surface area contributed by atoms with Gasteiger partial charge in [0.15, 0.2) is 0 Å². The van der Waals surface area contributed by atoms with Crippen molar-refractivity contribution in [2.45, 2.75) is 70.6 Å². The molecule has 1 heterocycles. The van der Waals surface area contributed by atoms with Crippen molar-refractivity contribution in [3.8, 4) is 0 Å². The number of rotatable bonds is 6. The summed E-state index contributed by atoms with van der Waals surface area (Å²) in [6.45, 7) is 7.30. The lowest BCUT2D eigenvalue weighted by atomic mass is 9.72. The normalized spacial score (nSPS) is 25.4. The van der Waals surface area contributed by atoms with Gasteiger partial charge in [-0.1, -0.05) is 30.9 Å². The van der Waals surface area contributed by atoms with Crippen molar-refractivity contribution in [1.29, 1.82) is 0 Å². The van der Waals surface area contributed by atoms with Crippen molar-refractivity contribution in [3.05, 3.63) is 34.9 Å². The quantitative estimate of drug-likeness (QED) is 0.622. The Morgan fingerprint density at radius 1 is 1.16 bits per heavy atom. The Morgan fingerprint density at radius 2 is 1.81 bits per heavy atom. The maximum absolute atomic E-state index is 13.0. The summed E-state index contributed by atoms with van der Waals surface area (Å²) < 4.78 is 0. The lowest BCUT2D eigenvalue weighted by Gasteiger charge is -2.46. The molecule has 0 aromatic heterocycles. The van der Waals surface area contributed by atoms with Gasteiger partial charge in [0.25, 0.3) is 5.91 Å². The van der Waals surface area contributed by atoms with Crippen LogP contribution in [-0.4, -0.2) is 59.1 Å². The van der Waals surface area contributed by atoms with Gasteiger partial charge in [-0.2, -0.15) is 0 Å². The smallest absolute Gasteiger partial charge is 0.251 e. The molecule has 4 atom stereocenters. The van der Waals surface area contributed by atoms with Crippen LogP contribution in [0.4, 0.5) is 0 Å². The van der Waals surface area contributed by atoms with Gasteiger partial charge in [0, 0.05) is 35.8 Å². The molecule has 6 nitrogen and oxygen atoms in total. The van der Waals surface area contributed by atoms with Gasteiger partial charge in [0.2, 0.25) is 5.91 Å². The molecule has 2 fully saturated rings. The van der Waals surface area contributed by atoms with Gasteiger partial charge in [-0.15, -0.1) is 0 Å². The highest BCUT2D eigenvalue weighted by Crippen LogP contribution is 2.38. The lowest BCUT2D eigenvalue weighted by Crippen LogP contribution is -2.59. The summed E-state index contributed by atoms with van der Waals surface area (Å²) in [5.74, 6) is 0.961. The molecule has 1 aliphatic heterocycles. The third-order valence-electron chi connectivity index (χ3n) is 6.35. The van der Waals surface area contributed by atoms with Crippen LogP contribution < -0.4 is 10.6 Å². The van der Waals surface area contributed by atoms with E-state index < -0.39 is 6.10 Å². The molecule has 1 aromatic rings. The van der Waals surface area contributed by atoms with Crippen LogP contribution in [0.1, 0.15) is 63.2 Å². The second kappa shape index (κ2) is 10.3. The molecule has 0 bridgehead atoms. The van der Waals surface area contributed by atoms with Crippen LogP contribution >= 0.6 is 11.6 Å². The van der Waals surface area contributed by atoms with E-state index in [0.29, 0.717) is 29.0 Å². The number of hydrogen-bond donors (Lipinski definition) is 3. The SMILES string of the molecule is CC(C)(C)NC(=O)[C@@H]1C[C@@H]2CCCC[C@@H]2CN1C[C@H](O)CNC(=O)c1ccc(Cl)cc1. The second-order valence-corrected chi connectivity index (χ2v) is 10.6. The molecule has 3 rings (SSSR count). The molecule has 2 aliphatic rings. The number of fused-ring (bicyclic) bond motifs is 1. The Kier molecular flexibility index (Phi) is 8.00. The molecule has 7 heteroatoms. The fourth-order valence-electron chi connectivity index (χ4n) is 4.88. The number of likely N-dealkylation sites (tertiary alicyclic amines) is 1. The highest BCUT2D eigenvalue weighted by molar-refractivity contribution is 6.30. The lowest BCUT2D eigenvalue weighted by molar-refractivity contribution is -0.132. The molecule has 0 spiro atoms. The summed E-state index contributed by atoms with van der Waals surface area (Å²) in [5.41, 5.74) is 0.208. The van der Waals surface area contributed by atoms with E-state index in [9.17, 15) is 14.7 Å². The monoisotopic (exact) mass is 449 g/mol. The zero-order chi connectivity index (χ0) is 22.6. The summed E-state index contributed by atoms with van der Waals surface area (Å²) in [4.78, 5) is 27.5. The van der Waals surface area contributed by atoms with Gasteiger partial charge in [-0.25, -0.2) is 0 Å². The molecule has 2 amide bonds. The van der Waals surface area contributed by atoms with Gasteiger partial charge >= 0.3 is 0 Å². The van der Waals surface area contributed by atoms with Gasteiger partial charge in [0.1, 0.15) is 0 Å². The van der Waals surface area contributed by atoms with Crippen molar-refractivity contribution in [1.82, 2.24) is 15.5 Å². The number of nitrogens with one attached hydrogen (secondary N) is 2. The average molecular weight is 450 g/mol. The number of β-amino-alcohol motifs (C(OH)–C–C–N with tert-alkyl or cyclic N) is 1. The van der Waals surface area contributed by atoms with Gasteiger partial charge in [0.05, 0.1) is 12.1 Å². The molecular formula is C24H36ClN3O3. The minimum Gasteiger partial charge on any atom is -0.390 e. The summed E-state index contributed by atoms with van der Waals surface area (Å²) in [5, 5.41) is 17.1. The van der Waals surface area contributed by atoms with Crippen LogP contribution in [-0.2, 0) is 4.79 Å². The number of halogens is 1. The fraction of sp³-hybridized carbons (Fsp3) is 0.667. The van der Waals surface area contributed by atoms with Crippen molar-refractivity contribution in [2.75, 3.05) is 19.6 Å². The largest absolute Gasteiger partial charge is 0.390 e. The fourth-order valence-corrected chi connectivity index (χ4v) is 5.00. The zero-order valence-corrected chi connectivity index (χ0v) is 19.6. The first-order chi connectivity index (χ1) is 14.6. The van der Waals surface area contributed by atoms with Crippen LogP contribution in [0, 0.1) is 11.8 Å². The van der Waals surface area contributed by atoms with Crippen molar-refractivity contribution < 1.29 is 14.7 Å². The topological polar surface area (TPSA) is 81.7 Å². The predicted molar refractivity (Wildman–Crippen MR) is 123 cm³/mol. The van der Waals surface area contributed by atoms with E-state index in [0.717, 1.165) is 13.0 Å². The van der Waals surface area contributed by atoms with Crippen molar-refractivity contribution in [3.63, 3.8) is 0 Å². The number of piperidine rings is 1. The van der Waals surface area contributed by atoms with Crippen LogP contribution in [0.2, 0.25) is 5.02 Å². The molecule has 31 heavy (non-hydrogen) atoms. The van der Waals surface area contributed by atoms with Crippen LogP contribution in [0.5, 0.6) is 0 Å². The summed E-state index contributed by atoms with van der Waals surface area (Å²) >= 11 is 5.87. The highest BCUT2D eigenvalue weighted by atomic mass is 35.5. The summed E-state index contributed by atoms with van der Waals surface area (Å²) in [7, 11) is 0. The number of nitrogens with zero attached hydrogens (tertiary/aromatic N) is 1. The first kappa shape index (κ1) is 24.0. The predicted octanol–water partition coefficient (Wildman–Crippen LogP) is 3.23. The van der Waals surface area contributed by atoms with E-state index >= 15 is 0 Å². The Bertz CT molecular complexity index is 762.